The van der Waals surface area contributed by atoms with Crippen molar-refractivity contribution in [2.24, 2.45) is 0 Å². The SMILES string of the molecule is CN(CCO)Cc1ncc(-c2ccc(Br)cc2)[nH]1. The van der Waals surface area contributed by atoms with Crippen LogP contribution < -0.4 is 0 Å². The average Bonchev–Trinajstić information content (AvgIpc) is 2.78. The van der Waals surface area contributed by atoms with E-state index in [0.717, 1.165) is 21.6 Å². The number of nitrogens with one attached hydrogen (secondary N) is 1. The van der Waals surface area contributed by atoms with Gasteiger partial charge >= 0.3 is 0 Å². The lowest BCUT2D eigenvalue weighted by Crippen LogP contribution is -2.22. The van der Waals surface area contributed by atoms with E-state index in [1.165, 1.54) is 0 Å². The van der Waals surface area contributed by atoms with Crippen LogP contribution in [0.25, 0.3) is 11.3 Å². The molecule has 96 valence electrons. The molecule has 0 aliphatic carbocycles. The fraction of sp³-hybridized carbons (Fsp3) is 0.308. The van der Waals surface area contributed by atoms with Crippen LogP contribution in [0.2, 0.25) is 0 Å². The lowest BCUT2D eigenvalue weighted by Gasteiger charge is -2.12. The molecule has 0 aliphatic rings. The van der Waals surface area contributed by atoms with E-state index in [0.29, 0.717) is 13.1 Å². The molecular weight excluding hydrogens is 294 g/mol. The Bertz CT molecular complexity index is 495. The van der Waals surface area contributed by atoms with Crippen molar-refractivity contribution in [2.45, 2.75) is 6.54 Å². The van der Waals surface area contributed by atoms with Gasteiger partial charge in [0.2, 0.25) is 0 Å². The number of aliphatic hydroxyl groups is 1. The minimum absolute atomic E-state index is 0.163. The van der Waals surface area contributed by atoms with Gasteiger partial charge in [-0.25, -0.2) is 4.98 Å². The standard InChI is InChI=1S/C13H16BrN3O/c1-17(6-7-18)9-13-15-8-12(16-13)10-2-4-11(14)5-3-10/h2-5,8,18H,6-7,9H2,1H3,(H,15,16). The Morgan fingerprint density at radius 2 is 2.06 bits per heavy atom. The molecule has 2 rings (SSSR count). The monoisotopic (exact) mass is 309 g/mol. The first-order chi connectivity index (χ1) is 8.69. The predicted octanol–water partition coefficient (Wildman–Crippen LogP) is 2.26. The van der Waals surface area contributed by atoms with Crippen LogP contribution in [0.4, 0.5) is 0 Å². The third kappa shape index (κ3) is 3.41. The Hall–Kier alpha value is -1.17. The molecule has 1 heterocycles. The minimum atomic E-state index is 0.163. The highest BCUT2D eigenvalue weighted by Crippen LogP contribution is 2.20. The Balaban J connectivity index is 2.08. The van der Waals surface area contributed by atoms with Crippen LogP contribution >= 0.6 is 15.9 Å². The first-order valence-electron chi connectivity index (χ1n) is 5.78. The Labute approximate surface area is 115 Å². The molecule has 0 atom stereocenters. The summed E-state index contributed by atoms with van der Waals surface area (Å²) in [4.78, 5) is 9.65. The van der Waals surface area contributed by atoms with E-state index in [9.17, 15) is 0 Å². The van der Waals surface area contributed by atoms with E-state index >= 15 is 0 Å². The second-order valence-electron chi connectivity index (χ2n) is 4.21. The van der Waals surface area contributed by atoms with Crippen molar-refractivity contribution < 1.29 is 5.11 Å². The second kappa shape index (κ2) is 6.13. The maximum atomic E-state index is 8.85. The summed E-state index contributed by atoms with van der Waals surface area (Å²) in [5.74, 6) is 0.906. The van der Waals surface area contributed by atoms with Gasteiger partial charge in [0.05, 0.1) is 25.0 Å². The summed E-state index contributed by atoms with van der Waals surface area (Å²) in [7, 11) is 1.96. The maximum Gasteiger partial charge on any atom is 0.120 e. The number of likely N-dealkylation sites (N-methyl/N-ethyl adjacent to an activating group) is 1. The number of aromatic nitrogens is 2. The molecule has 0 unspecified atom stereocenters. The summed E-state index contributed by atoms with van der Waals surface area (Å²) in [5.41, 5.74) is 2.12. The zero-order valence-corrected chi connectivity index (χ0v) is 11.8. The Morgan fingerprint density at radius 3 is 2.72 bits per heavy atom. The smallest absolute Gasteiger partial charge is 0.120 e. The van der Waals surface area contributed by atoms with Crippen LogP contribution in [0.15, 0.2) is 34.9 Å². The summed E-state index contributed by atoms with van der Waals surface area (Å²) in [5, 5.41) is 8.85. The van der Waals surface area contributed by atoms with Gasteiger partial charge in [0, 0.05) is 11.0 Å². The minimum Gasteiger partial charge on any atom is -0.395 e. The molecule has 0 saturated carbocycles. The molecule has 1 aromatic carbocycles. The molecular formula is C13H16BrN3O. The molecule has 0 amide bonds. The van der Waals surface area contributed by atoms with Gasteiger partial charge in [-0.1, -0.05) is 28.1 Å². The van der Waals surface area contributed by atoms with Gasteiger partial charge in [-0.05, 0) is 24.7 Å². The molecule has 0 bridgehead atoms. The van der Waals surface area contributed by atoms with Gasteiger partial charge in [-0.2, -0.15) is 0 Å². The molecule has 18 heavy (non-hydrogen) atoms. The zero-order valence-electron chi connectivity index (χ0n) is 10.2. The summed E-state index contributed by atoms with van der Waals surface area (Å²) in [6.45, 7) is 1.52. The normalized spacial score (nSPS) is 11.1. The van der Waals surface area contributed by atoms with Crippen molar-refractivity contribution in [3.8, 4) is 11.3 Å². The number of halogens is 1. The zero-order chi connectivity index (χ0) is 13.0. The first kappa shape index (κ1) is 13.3. The van der Waals surface area contributed by atoms with Crippen LogP contribution in [-0.4, -0.2) is 40.2 Å². The lowest BCUT2D eigenvalue weighted by atomic mass is 10.2. The average molecular weight is 310 g/mol. The summed E-state index contributed by atoms with van der Waals surface area (Å²) in [6.07, 6.45) is 1.84. The number of hydrogen-bond donors (Lipinski definition) is 2. The molecule has 4 nitrogen and oxygen atoms in total. The highest BCUT2D eigenvalue weighted by Gasteiger charge is 2.05. The van der Waals surface area contributed by atoms with Crippen LogP contribution in [0.1, 0.15) is 5.82 Å². The van der Waals surface area contributed by atoms with E-state index in [-0.39, 0.29) is 6.61 Å². The number of rotatable bonds is 5. The number of aromatic amines is 1. The van der Waals surface area contributed by atoms with Crippen molar-refractivity contribution in [3.63, 3.8) is 0 Å². The van der Waals surface area contributed by atoms with E-state index in [2.05, 4.69) is 25.9 Å². The van der Waals surface area contributed by atoms with Crippen molar-refractivity contribution in [1.29, 1.82) is 0 Å². The molecule has 0 fully saturated rings. The van der Waals surface area contributed by atoms with Crippen LogP contribution in [0.3, 0.4) is 0 Å². The van der Waals surface area contributed by atoms with Crippen molar-refractivity contribution in [3.05, 3.63) is 40.8 Å². The molecule has 2 N–H and O–H groups in total. The van der Waals surface area contributed by atoms with E-state index in [4.69, 9.17) is 5.11 Å². The van der Waals surface area contributed by atoms with Gasteiger partial charge < -0.3 is 10.1 Å². The van der Waals surface area contributed by atoms with Crippen LogP contribution in [0.5, 0.6) is 0 Å². The lowest BCUT2D eigenvalue weighted by molar-refractivity contribution is 0.215. The highest BCUT2D eigenvalue weighted by molar-refractivity contribution is 9.10. The number of nitrogens with zero attached hydrogens (tertiary/aromatic N) is 2. The highest BCUT2D eigenvalue weighted by atomic mass is 79.9. The fourth-order valence-electron chi connectivity index (χ4n) is 1.72. The topological polar surface area (TPSA) is 52.1 Å². The van der Waals surface area contributed by atoms with Gasteiger partial charge in [-0.3, -0.25) is 4.90 Å². The Morgan fingerprint density at radius 1 is 1.33 bits per heavy atom. The van der Waals surface area contributed by atoms with Gasteiger partial charge in [0.1, 0.15) is 5.82 Å². The first-order valence-corrected chi connectivity index (χ1v) is 6.57. The Kier molecular flexibility index (Phi) is 4.52. The van der Waals surface area contributed by atoms with Crippen LogP contribution in [0, 0.1) is 0 Å². The quantitative estimate of drug-likeness (QED) is 0.891. The number of benzene rings is 1. The predicted molar refractivity (Wildman–Crippen MR) is 75.1 cm³/mol. The molecule has 0 spiro atoms. The second-order valence-corrected chi connectivity index (χ2v) is 5.13. The van der Waals surface area contributed by atoms with Gasteiger partial charge in [0.15, 0.2) is 0 Å². The van der Waals surface area contributed by atoms with Crippen molar-refractivity contribution >= 4 is 15.9 Å². The van der Waals surface area contributed by atoms with E-state index in [1.54, 1.807) is 0 Å². The van der Waals surface area contributed by atoms with E-state index in [1.807, 2.05) is 42.4 Å². The summed E-state index contributed by atoms with van der Waals surface area (Å²) in [6, 6.07) is 8.10. The molecule has 2 aromatic rings. The molecule has 5 heteroatoms. The summed E-state index contributed by atoms with van der Waals surface area (Å²) >= 11 is 3.42. The number of aliphatic hydroxyl groups excluding tert-OH is 1. The van der Waals surface area contributed by atoms with Crippen molar-refractivity contribution in [2.75, 3.05) is 20.2 Å². The molecule has 0 aliphatic heterocycles. The maximum absolute atomic E-state index is 8.85. The number of hydrogen-bond acceptors (Lipinski definition) is 3. The molecule has 0 saturated heterocycles. The summed E-state index contributed by atoms with van der Waals surface area (Å²) < 4.78 is 1.06. The van der Waals surface area contributed by atoms with Gasteiger partial charge in [0.25, 0.3) is 0 Å². The van der Waals surface area contributed by atoms with Gasteiger partial charge in [-0.15, -0.1) is 0 Å². The largest absolute Gasteiger partial charge is 0.395 e. The van der Waals surface area contributed by atoms with Crippen molar-refractivity contribution in [1.82, 2.24) is 14.9 Å². The fourth-order valence-corrected chi connectivity index (χ4v) is 1.99. The van der Waals surface area contributed by atoms with E-state index < -0.39 is 0 Å². The molecule has 0 radical (unpaired) electrons. The molecule has 1 aromatic heterocycles. The van der Waals surface area contributed by atoms with Crippen LogP contribution in [-0.2, 0) is 6.54 Å². The third-order valence-electron chi connectivity index (χ3n) is 2.69. The number of H-pyrrole nitrogens is 1. The third-order valence-corrected chi connectivity index (χ3v) is 3.21. The number of imidazole rings is 1.